The second-order valence-corrected chi connectivity index (χ2v) is 9.15. The van der Waals surface area contributed by atoms with Gasteiger partial charge in [0.1, 0.15) is 27.3 Å². The first-order valence-electron chi connectivity index (χ1n) is 8.48. The van der Waals surface area contributed by atoms with Gasteiger partial charge in [0.05, 0.1) is 0 Å². The summed E-state index contributed by atoms with van der Waals surface area (Å²) in [6.07, 6.45) is 1.24. The topological polar surface area (TPSA) is 185 Å². The lowest BCUT2D eigenvalue weighted by molar-refractivity contribution is -0.150. The van der Waals surface area contributed by atoms with Gasteiger partial charge in [0.25, 0.3) is 11.8 Å². The third-order valence-corrected chi connectivity index (χ3v) is 6.29. The largest absolute Gasteiger partial charge is 0.479 e. The highest BCUT2D eigenvalue weighted by atomic mass is 35.5. The number of nitrogens with two attached hydrogens (primary N) is 1. The summed E-state index contributed by atoms with van der Waals surface area (Å²) in [5.41, 5.74) is 5.16. The minimum absolute atomic E-state index is 0.0191. The lowest BCUT2D eigenvalue weighted by Gasteiger charge is -2.49. The van der Waals surface area contributed by atoms with E-state index >= 15 is 0 Å². The Hall–Kier alpha value is -2.81. The van der Waals surface area contributed by atoms with Crippen LogP contribution in [0.5, 0.6) is 0 Å². The van der Waals surface area contributed by atoms with Gasteiger partial charge in [0, 0.05) is 11.1 Å². The molecule has 1 aromatic rings. The fourth-order valence-electron chi connectivity index (χ4n) is 2.85. The molecule has 1 fully saturated rings. The summed E-state index contributed by atoms with van der Waals surface area (Å²) in [4.78, 5) is 57.4. The van der Waals surface area contributed by atoms with E-state index in [1.54, 1.807) is 0 Å². The molecule has 0 radical (unpaired) electrons. The number of hydrogen-bond acceptors (Lipinski definition) is 10. The van der Waals surface area contributed by atoms with Crippen molar-refractivity contribution >= 4 is 80.9 Å². The van der Waals surface area contributed by atoms with E-state index in [4.69, 9.17) is 34.0 Å². The summed E-state index contributed by atoms with van der Waals surface area (Å²) < 4.78 is -0.166. The fraction of sp³-hybridized carbons (Fsp3) is 0.250. The first-order valence-corrected chi connectivity index (χ1v) is 11.2. The van der Waals surface area contributed by atoms with Crippen molar-refractivity contribution in [3.63, 3.8) is 0 Å². The average molecular weight is 522 g/mol. The van der Waals surface area contributed by atoms with Crippen LogP contribution in [-0.4, -0.2) is 73.3 Å². The quantitative estimate of drug-likeness (QED) is 0.214. The average Bonchev–Trinajstić information content (AvgIpc) is 3.13. The van der Waals surface area contributed by atoms with Crippen LogP contribution in [0.15, 0.2) is 32.4 Å². The Labute approximate surface area is 197 Å². The number of carboxylic acids is 2. The van der Waals surface area contributed by atoms with Crippen LogP contribution in [0.4, 0.5) is 5.13 Å². The summed E-state index contributed by atoms with van der Waals surface area (Å²) >= 11 is 13.5. The van der Waals surface area contributed by atoms with Crippen molar-refractivity contribution in [1.82, 2.24) is 15.2 Å². The third-order valence-electron chi connectivity index (χ3n) is 4.09. The first kappa shape index (κ1) is 23.8. The molecule has 0 aromatic carbocycles. The molecule has 0 aliphatic carbocycles. The molecule has 3 heterocycles. The number of thiazole rings is 1. The normalized spacial score (nSPS) is 20.2. The zero-order chi connectivity index (χ0) is 23.6. The van der Waals surface area contributed by atoms with Crippen LogP contribution in [0.1, 0.15) is 5.69 Å². The van der Waals surface area contributed by atoms with Gasteiger partial charge in [-0.3, -0.25) is 14.5 Å². The number of aromatic nitrogens is 1. The number of nitrogens with one attached hydrogen (secondary N) is 1. The lowest BCUT2D eigenvalue weighted by Crippen LogP contribution is -2.71. The highest BCUT2D eigenvalue weighted by molar-refractivity contribution is 8.00. The van der Waals surface area contributed by atoms with Gasteiger partial charge in [-0.15, -0.1) is 23.1 Å². The van der Waals surface area contributed by atoms with Crippen LogP contribution in [0, 0.1) is 0 Å². The van der Waals surface area contributed by atoms with Gasteiger partial charge >= 0.3 is 11.9 Å². The summed E-state index contributed by atoms with van der Waals surface area (Å²) in [5, 5.41) is 25.0. The van der Waals surface area contributed by atoms with Gasteiger partial charge in [-0.25, -0.2) is 14.6 Å². The molecule has 1 aromatic heterocycles. The number of thioether (sulfide) groups is 1. The molecule has 2 aliphatic heterocycles. The first-order chi connectivity index (χ1) is 15.1. The Balaban J connectivity index is 1.81. The van der Waals surface area contributed by atoms with Gasteiger partial charge in [0.2, 0.25) is 6.61 Å². The third kappa shape index (κ3) is 4.98. The minimum atomic E-state index is -1.35. The molecule has 32 heavy (non-hydrogen) atoms. The number of rotatable bonds is 8. The summed E-state index contributed by atoms with van der Waals surface area (Å²) in [6, 6.07) is -1.07. The van der Waals surface area contributed by atoms with E-state index in [0.717, 1.165) is 16.2 Å². The zero-order valence-electron chi connectivity index (χ0n) is 15.7. The molecule has 12 nitrogen and oxygen atoms in total. The fourth-order valence-corrected chi connectivity index (χ4v) is 4.97. The van der Waals surface area contributed by atoms with Crippen LogP contribution in [0.2, 0.25) is 0 Å². The van der Waals surface area contributed by atoms with Crippen LogP contribution in [0.25, 0.3) is 0 Å². The number of carbonyl (C=O) groups excluding carboxylic acids is 2. The summed E-state index contributed by atoms with van der Waals surface area (Å²) in [5.74, 6) is -4.04. The van der Waals surface area contributed by atoms with E-state index in [2.05, 4.69) is 20.3 Å². The number of allylic oxidation sites excluding steroid dienone is 1. The number of halogens is 2. The van der Waals surface area contributed by atoms with Gasteiger partial charge in [-0.1, -0.05) is 28.4 Å². The number of nitrogens with zero attached hydrogens (tertiary/aromatic N) is 3. The van der Waals surface area contributed by atoms with Gasteiger partial charge < -0.3 is 26.1 Å². The molecule has 0 saturated carbocycles. The number of aliphatic carboxylic acids is 2. The van der Waals surface area contributed by atoms with Crippen LogP contribution < -0.4 is 11.1 Å². The Morgan fingerprint density at radius 1 is 1.41 bits per heavy atom. The molecule has 2 atom stereocenters. The van der Waals surface area contributed by atoms with Crippen LogP contribution in [0.3, 0.4) is 0 Å². The second-order valence-electron chi connectivity index (χ2n) is 6.15. The highest BCUT2D eigenvalue weighted by Crippen LogP contribution is 2.41. The Bertz CT molecular complexity index is 1080. The van der Waals surface area contributed by atoms with Crippen molar-refractivity contribution in [2.75, 3.05) is 18.1 Å². The molecular weight excluding hydrogens is 509 g/mol. The maximum absolute atomic E-state index is 12.8. The van der Waals surface area contributed by atoms with Crippen molar-refractivity contribution in [3.05, 3.63) is 32.9 Å². The van der Waals surface area contributed by atoms with Crippen molar-refractivity contribution in [3.8, 4) is 0 Å². The Kier molecular flexibility index (Phi) is 7.28. The van der Waals surface area contributed by atoms with Crippen molar-refractivity contribution < 1.29 is 34.2 Å². The molecule has 2 amide bonds. The minimum Gasteiger partial charge on any atom is -0.479 e. The molecule has 2 aliphatic rings. The molecule has 3 rings (SSSR count). The van der Waals surface area contributed by atoms with Crippen LogP contribution >= 0.6 is 46.3 Å². The van der Waals surface area contributed by atoms with Crippen LogP contribution in [-0.2, 0) is 24.0 Å². The number of amides is 2. The van der Waals surface area contributed by atoms with E-state index in [1.165, 1.54) is 23.2 Å². The number of carbonyl (C=O) groups is 4. The molecule has 1 saturated heterocycles. The Morgan fingerprint density at radius 2 is 2.12 bits per heavy atom. The van der Waals surface area contributed by atoms with Gasteiger partial charge in [-0.05, 0) is 11.6 Å². The lowest BCUT2D eigenvalue weighted by atomic mass is 10.0. The monoisotopic (exact) mass is 521 g/mol. The number of β-lactam (4-membered cyclic amide) rings is 1. The van der Waals surface area contributed by atoms with E-state index in [9.17, 15) is 24.3 Å². The van der Waals surface area contributed by atoms with Crippen molar-refractivity contribution in [2.24, 2.45) is 5.16 Å². The standard InChI is InChI=1S/C16H13Cl2N5O7S2/c17-7(18)1-5-3-31-14-10(13(27)23(14)11(5)15(28)29)21-12(26)9(22-30-2-8(24)25)6-4-32-16(19)20-6/h1,4,10,14H,2-3H2,(H2,19,20)(H,21,26)(H,24,25)(H,28,29)/b22-9+. The molecular formula is C16H13Cl2N5O7S2. The number of nitrogen functional groups attached to an aromatic ring is 1. The van der Waals surface area contributed by atoms with Gasteiger partial charge in [0.15, 0.2) is 10.8 Å². The van der Waals surface area contributed by atoms with Gasteiger partial charge in [-0.2, -0.15) is 0 Å². The molecule has 16 heteroatoms. The zero-order valence-corrected chi connectivity index (χ0v) is 18.8. The van der Waals surface area contributed by atoms with E-state index in [1.807, 2.05) is 0 Å². The number of oxime groups is 1. The molecule has 2 unspecified atom stereocenters. The van der Waals surface area contributed by atoms with E-state index < -0.39 is 47.5 Å². The molecule has 0 bridgehead atoms. The van der Waals surface area contributed by atoms with E-state index in [0.29, 0.717) is 0 Å². The highest BCUT2D eigenvalue weighted by Gasteiger charge is 2.54. The number of hydrogen-bond donors (Lipinski definition) is 4. The number of anilines is 1. The Morgan fingerprint density at radius 3 is 2.69 bits per heavy atom. The van der Waals surface area contributed by atoms with Crippen molar-refractivity contribution in [1.29, 1.82) is 0 Å². The molecule has 170 valence electrons. The SMILES string of the molecule is Nc1nc(/C(=N\OCC(=O)O)C(=O)NC2C(=O)N3C(C(=O)O)=C(C=C(Cl)Cl)CSC23)cs1. The number of fused-ring (bicyclic) bond motifs is 1. The maximum Gasteiger partial charge on any atom is 0.352 e. The predicted molar refractivity (Wildman–Crippen MR) is 116 cm³/mol. The second kappa shape index (κ2) is 9.77. The number of carboxylic acid groups (broad SMARTS) is 2. The molecule has 0 spiro atoms. The summed E-state index contributed by atoms with van der Waals surface area (Å²) in [6.45, 7) is -0.808. The van der Waals surface area contributed by atoms with E-state index in [-0.39, 0.29) is 32.3 Å². The summed E-state index contributed by atoms with van der Waals surface area (Å²) in [7, 11) is 0. The smallest absolute Gasteiger partial charge is 0.352 e. The van der Waals surface area contributed by atoms with Crippen molar-refractivity contribution in [2.45, 2.75) is 11.4 Å². The maximum atomic E-state index is 12.8. The molecule has 5 N–H and O–H groups in total. The predicted octanol–water partition coefficient (Wildman–Crippen LogP) is 0.588.